The number of benzene rings is 1. The molecule has 8 nitrogen and oxygen atoms in total. The summed E-state index contributed by atoms with van der Waals surface area (Å²) in [5.41, 5.74) is 1.83. The van der Waals surface area contributed by atoms with E-state index in [1.54, 1.807) is 24.3 Å². The number of furan rings is 1. The number of aliphatic carboxylic acids is 1. The van der Waals surface area contributed by atoms with Crippen molar-refractivity contribution in [2.45, 2.75) is 13.0 Å². The van der Waals surface area contributed by atoms with Gasteiger partial charge in [-0.1, -0.05) is 6.07 Å². The largest absolute Gasteiger partial charge is 0.481 e. The summed E-state index contributed by atoms with van der Waals surface area (Å²) in [6, 6.07) is 7.96. The third-order valence-electron chi connectivity index (χ3n) is 3.01. The van der Waals surface area contributed by atoms with E-state index in [4.69, 9.17) is 14.6 Å². The van der Waals surface area contributed by atoms with Crippen molar-refractivity contribution in [2.75, 3.05) is 0 Å². The van der Waals surface area contributed by atoms with Crippen LogP contribution < -0.4 is 0 Å². The molecule has 2 aromatic heterocycles. The summed E-state index contributed by atoms with van der Waals surface area (Å²) in [6.07, 6.45) is -0.0804. The molecule has 1 aromatic carbocycles. The first kappa shape index (κ1) is 13.8. The number of hydrogen-bond donors (Lipinski definition) is 2. The van der Waals surface area contributed by atoms with Crippen molar-refractivity contribution in [1.29, 1.82) is 0 Å². The van der Waals surface area contributed by atoms with Crippen LogP contribution in [0.4, 0.5) is 0 Å². The van der Waals surface area contributed by atoms with Crippen molar-refractivity contribution in [3.63, 3.8) is 0 Å². The normalized spacial score (nSPS) is 10.9. The molecule has 0 spiro atoms. The molecule has 0 radical (unpaired) electrons. The van der Waals surface area contributed by atoms with Gasteiger partial charge in [0.1, 0.15) is 23.3 Å². The third-order valence-corrected chi connectivity index (χ3v) is 3.01. The van der Waals surface area contributed by atoms with E-state index in [0.717, 1.165) is 0 Å². The van der Waals surface area contributed by atoms with Crippen molar-refractivity contribution < 1.29 is 24.2 Å². The van der Waals surface area contributed by atoms with E-state index < -0.39 is 11.9 Å². The quantitative estimate of drug-likeness (QED) is 0.731. The zero-order valence-corrected chi connectivity index (χ0v) is 11.3. The van der Waals surface area contributed by atoms with Gasteiger partial charge < -0.3 is 14.6 Å². The molecule has 0 fully saturated rings. The van der Waals surface area contributed by atoms with E-state index in [0.29, 0.717) is 22.4 Å². The van der Waals surface area contributed by atoms with Crippen LogP contribution in [-0.2, 0) is 17.8 Å². The smallest absolute Gasteiger partial charge is 0.371 e. The standard InChI is InChI=1S/C14H11N3O5/c18-13(19)6-8-1-3-10-11(5-8)16-17(15-10)7-9-2-4-12(22-9)14(20)21/h1-5H,6-7H2,(H,18,19)(H,20,21). The van der Waals surface area contributed by atoms with E-state index in [2.05, 4.69) is 10.2 Å². The van der Waals surface area contributed by atoms with Crippen LogP contribution in [0.1, 0.15) is 21.9 Å². The molecule has 3 rings (SSSR count). The van der Waals surface area contributed by atoms with Crippen LogP contribution in [-0.4, -0.2) is 37.1 Å². The van der Waals surface area contributed by atoms with Crippen LogP contribution in [0, 0.1) is 0 Å². The summed E-state index contributed by atoms with van der Waals surface area (Å²) >= 11 is 0. The second-order valence-corrected chi connectivity index (χ2v) is 4.70. The lowest BCUT2D eigenvalue weighted by Gasteiger charge is -1.95. The predicted molar refractivity (Wildman–Crippen MR) is 73.6 cm³/mol. The van der Waals surface area contributed by atoms with Crippen molar-refractivity contribution in [1.82, 2.24) is 15.0 Å². The van der Waals surface area contributed by atoms with E-state index in [-0.39, 0.29) is 18.7 Å². The molecule has 0 saturated heterocycles. The first-order valence-corrected chi connectivity index (χ1v) is 6.39. The Morgan fingerprint density at radius 3 is 2.55 bits per heavy atom. The number of aromatic nitrogens is 3. The van der Waals surface area contributed by atoms with E-state index in [9.17, 15) is 9.59 Å². The summed E-state index contributed by atoms with van der Waals surface area (Å²) in [5, 5.41) is 26.1. The maximum Gasteiger partial charge on any atom is 0.371 e. The molecule has 22 heavy (non-hydrogen) atoms. The van der Waals surface area contributed by atoms with Crippen molar-refractivity contribution in [2.24, 2.45) is 0 Å². The van der Waals surface area contributed by atoms with Gasteiger partial charge in [0.15, 0.2) is 0 Å². The molecule has 0 aliphatic carbocycles. The summed E-state index contributed by atoms with van der Waals surface area (Å²) in [7, 11) is 0. The second kappa shape index (κ2) is 5.32. The van der Waals surface area contributed by atoms with Gasteiger partial charge in [-0.25, -0.2) is 4.79 Å². The van der Waals surface area contributed by atoms with Gasteiger partial charge in [-0.15, -0.1) is 0 Å². The molecule has 0 saturated carbocycles. The Morgan fingerprint density at radius 1 is 1.09 bits per heavy atom. The minimum absolute atomic E-state index is 0.0804. The zero-order valence-electron chi connectivity index (χ0n) is 11.3. The number of fused-ring (bicyclic) bond motifs is 1. The SMILES string of the molecule is O=C(O)Cc1ccc2nn(Cc3ccc(C(=O)O)o3)nc2c1. The van der Waals surface area contributed by atoms with Gasteiger partial charge in [-0.2, -0.15) is 15.0 Å². The van der Waals surface area contributed by atoms with Crippen molar-refractivity contribution in [3.8, 4) is 0 Å². The van der Waals surface area contributed by atoms with Gasteiger partial charge in [0, 0.05) is 0 Å². The van der Waals surface area contributed by atoms with Crippen LogP contribution in [0.15, 0.2) is 34.7 Å². The highest BCUT2D eigenvalue weighted by Gasteiger charge is 2.11. The second-order valence-electron chi connectivity index (χ2n) is 4.70. The molecule has 112 valence electrons. The Balaban J connectivity index is 1.84. The zero-order chi connectivity index (χ0) is 15.7. The summed E-state index contributed by atoms with van der Waals surface area (Å²) < 4.78 is 5.14. The first-order valence-electron chi connectivity index (χ1n) is 6.39. The Bertz CT molecular complexity index is 864. The summed E-state index contributed by atoms with van der Waals surface area (Å²) in [4.78, 5) is 22.8. The van der Waals surface area contributed by atoms with Gasteiger partial charge in [0.2, 0.25) is 5.76 Å². The fraction of sp³-hybridized carbons (Fsp3) is 0.143. The Hall–Kier alpha value is -3.16. The predicted octanol–water partition coefficient (Wildman–Crippen LogP) is 1.40. The molecule has 8 heteroatoms. The molecule has 0 unspecified atom stereocenters. The topological polar surface area (TPSA) is 118 Å². The van der Waals surface area contributed by atoms with Gasteiger partial charge >= 0.3 is 11.9 Å². The highest BCUT2D eigenvalue weighted by atomic mass is 16.4. The molecular weight excluding hydrogens is 290 g/mol. The van der Waals surface area contributed by atoms with Crippen LogP contribution in [0.2, 0.25) is 0 Å². The van der Waals surface area contributed by atoms with E-state index in [1.807, 2.05) is 0 Å². The van der Waals surface area contributed by atoms with Crippen LogP contribution in [0.5, 0.6) is 0 Å². The molecule has 3 aromatic rings. The van der Waals surface area contributed by atoms with Crippen LogP contribution in [0.25, 0.3) is 11.0 Å². The lowest BCUT2D eigenvalue weighted by atomic mass is 10.1. The highest BCUT2D eigenvalue weighted by molar-refractivity contribution is 5.84. The minimum Gasteiger partial charge on any atom is -0.481 e. The molecule has 2 heterocycles. The molecule has 0 atom stereocenters. The molecule has 0 amide bonds. The van der Waals surface area contributed by atoms with Crippen LogP contribution in [0.3, 0.4) is 0 Å². The van der Waals surface area contributed by atoms with Gasteiger partial charge in [0.05, 0.1) is 6.42 Å². The van der Waals surface area contributed by atoms with Gasteiger partial charge in [-0.05, 0) is 29.8 Å². The van der Waals surface area contributed by atoms with Crippen LogP contribution >= 0.6 is 0 Å². The van der Waals surface area contributed by atoms with Gasteiger partial charge in [-0.3, -0.25) is 4.79 Å². The maximum absolute atomic E-state index is 10.8. The van der Waals surface area contributed by atoms with Crippen molar-refractivity contribution in [3.05, 3.63) is 47.4 Å². The number of carboxylic acid groups (broad SMARTS) is 2. The highest BCUT2D eigenvalue weighted by Crippen LogP contribution is 2.14. The first-order chi connectivity index (χ1) is 10.5. The fourth-order valence-corrected chi connectivity index (χ4v) is 2.08. The average Bonchev–Trinajstić information content (AvgIpc) is 3.04. The van der Waals surface area contributed by atoms with Gasteiger partial charge in [0.25, 0.3) is 0 Å². The maximum atomic E-state index is 10.8. The van der Waals surface area contributed by atoms with E-state index >= 15 is 0 Å². The molecule has 0 aliphatic rings. The number of nitrogens with zero attached hydrogens (tertiary/aromatic N) is 3. The Labute approximate surface area is 123 Å². The Kier molecular flexibility index (Phi) is 3.34. The summed E-state index contributed by atoms with van der Waals surface area (Å²) in [6.45, 7) is 0.191. The summed E-state index contributed by atoms with van der Waals surface area (Å²) in [5.74, 6) is -1.77. The van der Waals surface area contributed by atoms with E-state index in [1.165, 1.54) is 10.9 Å². The monoisotopic (exact) mass is 301 g/mol. The third kappa shape index (κ3) is 2.80. The molecule has 0 aliphatic heterocycles. The van der Waals surface area contributed by atoms with Crippen molar-refractivity contribution >= 4 is 23.0 Å². The number of carboxylic acids is 2. The lowest BCUT2D eigenvalue weighted by molar-refractivity contribution is -0.136. The Morgan fingerprint density at radius 2 is 1.86 bits per heavy atom. The number of rotatable bonds is 5. The fourth-order valence-electron chi connectivity index (χ4n) is 2.08. The number of aromatic carboxylic acids is 1. The minimum atomic E-state index is -1.14. The number of carbonyl (C=O) groups is 2. The molecular formula is C14H11N3O5. The molecule has 0 bridgehead atoms. The molecule has 2 N–H and O–H groups in total. The number of hydrogen-bond acceptors (Lipinski definition) is 5. The lowest BCUT2D eigenvalue weighted by Crippen LogP contribution is -2.02. The average molecular weight is 301 g/mol.